The third-order valence-electron chi connectivity index (χ3n) is 2.69. The van der Waals surface area contributed by atoms with E-state index >= 15 is 0 Å². The van der Waals surface area contributed by atoms with Gasteiger partial charge in [-0.05, 0) is 18.9 Å². The molecule has 1 rings (SSSR count). The number of carbonyl (C=O) groups is 3. The quantitative estimate of drug-likeness (QED) is 0.530. The summed E-state index contributed by atoms with van der Waals surface area (Å²) in [4.78, 5) is 33.0. The van der Waals surface area contributed by atoms with Crippen molar-refractivity contribution in [3.63, 3.8) is 0 Å². The zero-order valence-corrected chi connectivity index (χ0v) is 11.6. The zero-order valence-electron chi connectivity index (χ0n) is 11.6. The van der Waals surface area contributed by atoms with Crippen molar-refractivity contribution in [1.29, 1.82) is 0 Å². The number of nitrogens with zero attached hydrogens (tertiary/aromatic N) is 2. The van der Waals surface area contributed by atoms with Gasteiger partial charge in [0, 0.05) is 19.7 Å². The van der Waals surface area contributed by atoms with E-state index in [0.29, 0.717) is 5.69 Å². The number of aromatic nitrogens is 2. The molecule has 1 aromatic rings. The summed E-state index contributed by atoms with van der Waals surface area (Å²) < 4.78 is 1.58. The summed E-state index contributed by atoms with van der Waals surface area (Å²) in [5.74, 6) is -2.20. The van der Waals surface area contributed by atoms with Gasteiger partial charge in [0.2, 0.25) is 0 Å². The Labute approximate surface area is 120 Å². The fourth-order valence-corrected chi connectivity index (χ4v) is 1.65. The number of nitrogens with one attached hydrogen (secondary N) is 2. The Balaban J connectivity index is 2.37. The first-order valence-corrected chi connectivity index (χ1v) is 6.36. The average molecular weight is 298 g/mol. The first-order valence-electron chi connectivity index (χ1n) is 6.36. The van der Waals surface area contributed by atoms with E-state index in [1.807, 2.05) is 0 Å². The van der Waals surface area contributed by atoms with Crippen LogP contribution in [0.25, 0.3) is 0 Å². The highest BCUT2D eigenvalue weighted by Gasteiger charge is 2.19. The first-order chi connectivity index (χ1) is 9.88. The molecular formula is C12H18N4O5. The summed E-state index contributed by atoms with van der Waals surface area (Å²) in [5.41, 5.74) is 0.644. The Morgan fingerprint density at radius 2 is 2.10 bits per heavy atom. The van der Waals surface area contributed by atoms with Crippen LogP contribution >= 0.6 is 0 Å². The van der Waals surface area contributed by atoms with Crippen LogP contribution in [0.1, 0.15) is 25.0 Å². The van der Waals surface area contributed by atoms with E-state index in [1.54, 1.807) is 24.0 Å². The zero-order chi connectivity index (χ0) is 15.8. The molecule has 0 bridgehead atoms. The molecule has 21 heavy (non-hydrogen) atoms. The summed E-state index contributed by atoms with van der Waals surface area (Å²) in [6, 6.07) is -0.0293. The van der Waals surface area contributed by atoms with E-state index in [2.05, 4.69) is 15.7 Å². The van der Waals surface area contributed by atoms with E-state index in [1.165, 1.54) is 0 Å². The number of aryl methyl sites for hydroxylation is 1. The lowest BCUT2D eigenvalue weighted by Crippen LogP contribution is -2.45. The van der Waals surface area contributed by atoms with Gasteiger partial charge in [-0.15, -0.1) is 0 Å². The van der Waals surface area contributed by atoms with Gasteiger partial charge in [-0.3, -0.25) is 9.48 Å². The Morgan fingerprint density at radius 3 is 2.62 bits per heavy atom. The summed E-state index contributed by atoms with van der Waals surface area (Å²) in [7, 11) is 1.74. The van der Waals surface area contributed by atoms with Gasteiger partial charge in [0.05, 0.1) is 12.2 Å². The molecule has 9 nitrogen and oxygen atoms in total. The Bertz CT molecular complexity index is 514. The summed E-state index contributed by atoms with van der Waals surface area (Å²) >= 11 is 0. The van der Waals surface area contributed by atoms with Crippen LogP contribution in [0, 0.1) is 0 Å². The van der Waals surface area contributed by atoms with Crippen LogP contribution in [0.2, 0.25) is 0 Å². The maximum Gasteiger partial charge on any atom is 0.326 e. The van der Waals surface area contributed by atoms with Crippen LogP contribution in [-0.4, -0.2) is 44.0 Å². The smallest absolute Gasteiger partial charge is 0.326 e. The minimum absolute atomic E-state index is 0.0542. The van der Waals surface area contributed by atoms with Crippen molar-refractivity contribution in [2.24, 2.45) is 7.05 Å². The van der Waals surface area contributed by atoms with Crippen molar-refractivity contribution in [3.8, 4) is 0 Å². The number of hydrogen-bond acceptors (Lipinski definition) is 4. The Morgan fingerprint density at radius 1 is 1.38 bits per heavy atom. The predicted molar refractivity (Wildman–Crippen MR) is 71.5 cm³/mol. The number of carboxylic acid groups (broad SMARTS) is 2. The Hall–Kier alpha value is -2.58. The molecule has 0 spiro atoms. The lowest BCUT2D eigenvalue weighted by molar-refractivity contribution is -0.140. The van der Waals surface area contributed by atoms with Crippen molar-refractivity contribution in [1.82, 2.24) is 20.4 Å². The van der Waals surface area contributed by atoms with Crippen LogP contribution in [0.5, 0.6) is 0 Å². The van der Waals surface area contributed by atoms with Crippen molar-refractivity contribution in [2.45, 2.75) is 31.8 Å². The predicted octanol–water partition coefficient (Wildman–Crippen LogP) is -0.0726. The highest BCUT2D eigenvalue weighted by Crippen LogP contribution is 2.02. The topological polar surface area (TPSA) is 134 Å². The molecule has 116 valence electrons. The molecule has 0 saturated carbocycles. The van der Waals surface area contributed by atoms with E-state index in [9.17, 15) is 14.4 Å². The molecule has 1 heterocycles. The standard InChI is InChI=1S/C12H18N4O5/c1-16-6-5-8(15-16)7-13-12(21)14-9(11(19)20)3-2-4-10(17)18/h5-6,9H,2-4,7H2,1H3,(H,17,18)(H,19,20)(H2,13,14,21)/t9-/m1/s1. The summed E-state index contributed by atoms with van der Waals surface area (Å²) in [6.45, 7) is 0.175. The van der Waals surface area contributed by atoms with Crippen LogP contribution in [0.4, 0.5) is 4.79 Å². The van der Waals surface area contributed by atoms with Gasteiger partial charge in [-0.1, -0.05) is 0 Å². The largest absolute Gasteiger partial charge is 0.481 e. The number of carbonyl (C=O) groups excluding carboxylic acids is 1. The molecule has 0 aliphatic heterocycles. The third kappa shape index (κ3) is 6.41. The van der Waals surface area contributed by atoms with Gasteiger partial charge in [-0.25, -0.2) is 9.59 Å². The highest BCUT2D eigenvalue weighted by atomic mass is 16.4. The molecule has 0 unspecified atom stereocenters. The minimum atomic E-state index is -1.20. The van der Waals surface area contributed by atoms with Crippen LogP contribution < -0.4 is 10.6 Å². The fourth-order valence-electron chi connectivity index (χ4n) is 1.65. The molecule has 0 aliphatic carbocycles. The maximum atomic E-state index is 11.6. The van der Waals surface area contributed by atoms with Crippen LogP contribution in [-0.2, 0) is 23.2 Å². The van der Waals surface area contributed by atoms with Gasteiger partial charge in [0.25, 0.3) is 0 Å². The number of rotatable bonds is 8. The molecule has 0 saturated heterocycles. The number of hydrogen-bond donors (Lipinski definition) is 4. The second-order valence-corrected chi connectivity index (χ2v) is 4.48. The molecule has 0 radical (unpaired) electrons. The molecule has 0 fully saturated rings. The molecule has 2 amide bonds. The fraction of sp³-hybridized carbons (Fsp3) is 0.500. The normalized spacial score (nSPS) is 11.7. The number of aliphatic carboxylic acids is 2. The second-order valence-electron chi connectivity index (χ2n) is 4.48. The summed E-state index contributed by atoms with van der Waals surface area (Å²) in [5, 5.41) is 26.3. The summed E-state index contributed by atoms with van der Waals surface area (Å²) in [6.07, 6.45) is 1.81. The molecule has 4 N–H and O–H groups in total. The molecule has 1 atom stereocenters. The molecule has 0 aliphatic rings. The van der Waals surface area contributed by atoms with Gasteiger partial charge >= 0.3 is 18.0 Å². The second kappa shape index (κ2) is 7.88. The first kappa shape index (κ1) is 16.5. The van der Waals surface area contributed by atoms with Gasteiger partial charge in [0.15, 0.2) is 0 Å². The third-order valence-corrected chi connectivity index (χ3v) is 2.69. The lowest BCUT2D eigenvalue weighted by Gasteiger charge is -2.14. The number of urea groups is 1. The van der Waals surface area contributed by atoms with Gasteiger partial charge in [0.1, 0.15) is 6.04 Å². The van der Waals surface area contributed by atoms with E-state index in [0.717, 1.165) is 0 Å². The number of carboxylic acids is 2. The van der Waals surface area contributed by atoms with Crippen molar-refractivity contribution < 1.29 is 24.6 Å². The Kier molecular flexibility index (Phi) is 6.18. The van der Waals surface area contributed by atoms with Crippen LogP contribution in [0.3, 0.4) is 0 Å². The monoisotopic (exact) mass is 298 g/mol. The van der Waals surface area contributed by atoms with Crippen LogP contribution in [0.15, 0.2) is 12.3 Å². The van der Waals surface area contributed by atoms with Gasteiger partial charge in [-0.2, -0.15) is 5.10 Å². The number of amides is 2. The van der Waals surface area contributed by atoms with Crippen molar-refractivity contribution in [3.05, 3.63) is 18.0 Å². The minimum Gasteiger partial charge on any atom is -0.481 e. The van der Waals surface area contributed by atoms with Gasteiger partial charge < -0.3 is 20.8 Å². The van der Waals surface area contributed by atoms with Crippen molar-refractivity contribution >= 4 is 18.0 Å². The van der Waals surface area contributed by atoms with Crippen molar-refractivity contribution in [2.75, 3.05) is 0 Å². The maximum absolute atomic E-state index is 11.6. The SMILES string of the molecule is Cn1ccc(CNC(=O)N[C@H](CCCC(=O)O)C(=O)O)n1. The van der Waals surface area contributed by atoms with E-state index in [4.69, 9.17) is 10.2 Å². The van der Waals surface area contributed by atoms with E-state index < -0.39 is 24.0 Å². The molecule has 0 aromatic carbocycles. The van der Waals surface area contributed by atoms with E-state index in [-0.39, 0.29) is 25.8 Å². The lowest BCUT2D eigenvalue weighted by atomic mass is 10.1. The molecule has 1 aromatic heterocycles. The average Bonchev–Trinajstić information content (AvgIpc) is 2.80. The highest BCUT2D eigenvalue weighted by molar-refractivity contribution is 5.82. The molecule has 9 heteroatoms. The molecular weight excluding hydrogens is 280 g/mol.